The van der Waals surface area contributed by atoms with Crippen molar-refractivity contribution in [3.8, 4) is 0 Å². The molecule has 1 atom stereocenters. The van der Waals surface area contributed by atoms with Crippen LogP contribution in [0.15, 0.2) is 24.5 Å². The number of aromatic nitrogens is 1. The van der Waals surface area contributed by atoms with E-state index in [2.05, 4.69) is 22.6 Å². The summed E-state index contributed by atoms with van der Waals surface area (Å²) in [5.41, 5.74) is 1.26. The Morgan fingerprint density at radius 2 is 2.50 bits per heavy atom. The Bertz CT molecular complexity index is 213. The highest BCUT2D eigenvalue weighted by molar-refractivity contribution is 7.98. The summed E-state index contributed by atoms with van der Waals surface area (Å²) in [6.45, 7) is 0. The predicted octanol–water partition coefficient (Wildman–Crippen LogP) is 1.71. The SMILES string of the molecule is CNC(CSC)c1cccnc1. The van der Waals surface area contributed by atoms with Crippen LogP contribution in [-0.4, -0.2) is 24.0 Å². The van der Waals surface area contributed by atoms with E-state index in [-0.39, 0.29) is 0 Å². The van der Waals surface area contributed by atoms with Gasteiger partial charge in [0, 0.05) is 24.2 Å². The Morgan fingerprint density at radius 3 is 3.00 bits per heavy atom. The summed E-state index contributed by atoms with van der Waals surface area (Å²) in [4.78, 5) is 4.09. The van der Waals surface area contributed by atoms with Crippen molar-refractivity contribution in [3.63, 3.8) is 0 Å². The molecule has 0 aromatic carbocycles. The summed E-state index contributed by atoms with van der Waals surface area (Å²) in [7, 11) is 1.98. The fraction of sp³-hybridized carbons (Fsp3) is 0.444. The van der Waals surface area contributed by atoms with Crippen LogP contribution in [0.1, 0.15) is 11.6 Å². The molecule has 0 bridgehead atoms. The predicted molar refractivity (Wildman–Crippen MR) is 54.4 cm³/mol. The zero-order chi connectivity index (χ0) is 8.81. The summed E-state index contributed by atoms with van der Waals surface area (Å²) < 4.78 is 0. The molecule has 0 fully saturated rings. The quantitative estimate of drug-likeness (QED) is 0.767. The molecule has 66 valence electrons. The second-order valence-corrected chi connectivity index (χ2v) is 3.49. The Balaban J connectivity index is 2.66. The Labute approximate surface area is 77.8 Å². The maximum atomic E-state index is 4.09. The van der Waals surface area contributed by atoms with Gasteiger partial charge in [-0.05, 0) is 24.9 Å². The van der Waals surface area contributed by atoms with E-state index in [0.29, 0.717) is 6.04 Å². The molecule has 0 radical (unpaired) electrons. The van der Waals surface area contributed by atoms with Crippen molar-refractivity contribution >= 4 is 11.8 Å². The molecule has 3 heteroatoms. The molecule has 0 saturated carbocycles. The molecule has 0 aliphatic heterocycles. The van der Waals surface area contributed by atoms with Gasteiger partial charge in [0.15, 0.2) is 0 Å². The smallest absolute Gasteiger partial charge is 0.0424 e. The molecule has 1 N–H and O–H groups in total. The summed E-state index contributed by atoms with van der Waals surface area (Å²) in [6.07, 6.45) is 5.83. The summed E-state index contributed by atoms with van der Waals surface area (Å²) >= 11 is 1.84. The van der Waals surface area contributed by atoms with Crippen LogP contribution in [0.2, 0.25) is 0 Å². The van der Waals surface area contributed by atoms with E-state index >= 15 is 0 Å². The molecule has 1 rings (SSSR count). The minimum atomic E-state index is 0.425. The van der Waals surface area contributed by atoms with Crippen molar-refractivity contribution in [1.29, 1.82) is 0 Å². The fourth-order valence-corrected chi connectivity index (χ4v) is 1.79. The normalized spacial score (nSPS) is 12.8. The number of rotatable bonds is 4. The molecule has 0 aliphatic carbocycles. The van der Waals surface area contributed by atoms with Gasteiger partial charge in [0.1, 0.15) is 0 Å². The molecule has 0 aliphatic rings. The van der Waals surface area contributed by atoms with Crippen LogP contribution in [0.3, 0.4) is 0 Å². The van der Waals surface area contributed by atoms with Gasteiger partial charge in [-0.15, -0.1) is 0 Å². The average molecular weight is 182 g/mol. The number of thioether (sulfide) groups is 1. The van der Waals surface area contributed by atoms with Crippen LogP contribution in [0.4, 0.5) is 0 Å². The van der Waals surface area contributed by atoms with E-state index in [1.165, 1.54) is 5.56 Å². The summed E-state index contributed by atoms with van der Waals surface area (Å²) in [5, 5.41) is 3.26. The maximum Gasteiger partial charge on any atom is 0.0424 e. The van der Waals surface area contributed by atoms with Crippen molar-refractivity contribution in [3.05, 3.63) is 30.1 Å². The van der Waals surface area contributed by atoms with Crippen molar-refractivity contribution in [2.75, 3.05) is 19.1 Å². The molecular formula is C9H14N2S. The Kier molecular flexibility index (Phi) is 4.11. The first-order chi connectivity index (χ1) is 5.88. The third-order valence-electron chi connectivity index (χ3n) is 1.77. The molecule has 1 aromatic rings. The van der Waals surface area contributed by atoms with Gasteiger partial charge in [-0.2, -0.15) is 11.8 Å². The standard InChI is InChI=1S/C9H14N2S/c1-10-9(7-12-2)8-4-3-5-11-6-8/h3-6,9-10H,7H2,1-2H3. The van der Waals surface area contributed by atoms with Gasteiger partial charge in [-0.25, -0.2) is 0 Å². The van der Waals surface area contributed by atoms with E-state index in [1.807, 2.05) is 31.1 Å². The molecule has 1 unspecified atom stereocenters. The highest BCUT2D eigenvalue weighted by Gasteiger charge is 2.06. The lowest BCUT2D eigenvalue weighted by Crippen LogP contribution is -2.18. The van der Waals surface area contributed by atoms with Gasteiger partial charge in [0.05, 0.1) is 0 Å². The maximum absolute atomic E-state index is 4.09. The lowest BCUT2D eigenvalue weighted by atomic mass is 10.1. The molecule has 1 aromatic heterocycles. The van der Waals surface area contributed by atoms with Crippen LogP contribution in [0, 0.1) is 0 Å². The first-order valence-electron chi connectivity index (χ1n) is 3.94. The van der Waals surface area contributed by atoms with Crippen molar-refractivity contribution in [2.24, 2.45) is 0 Å². The number of hydrogen-bond donors (Lipinski definition) is 1. The highest BCUT2D eigenvalue weighted by Crippen LogP contribution is 2.14. The molecular weight excluding hydrogens is 168 g/mol. The van der Waals surface area contributed by atoms with Crippen LogP contribution in [-0.2, 0) is 0 Å². The summed E-state index contributed by atoms with van der Waals surface area (Å²) in [6, 6.07) is 4.50. The largest absolute Gasteiger partial charge is 0.312 e. The number of pyridine rings is 1. The molecule has 12 heavy (non-hydrogen) atoms. The number of nitrogens with zero attached hydrogens (tertiary/aromatic N) is 1. The van der Waals surface area contributed by atoms with Gasteiger partial charge in [0.25, 0.3) is 0 Å². The van der Waals surface area contributed by atoms with Crippen LogP contribution >= 0.6 is 11.8 Å². The molecule has 0 amide bonds. The van der Waals surface area contributed by atoms with E-state index < -0.39 is 0 Å². The highest BCUT2D eigenvalue weighted by atomic mass is 32.2. The minimum absolute atomic E-state index is 0.425. The zero-order valence-electron chi connectivity index (χ0n) is 7.45. The topological polar surface area (TPSA) is 24.9 Å². The Morgan fingerprint density at radius 1 is 1.67 bits per heavy atom. The van der Waals surface area contributed by atoms with Gasteiger partial charge in [-0.1, -0.05) is 6.07 Å². The molecule has 0 saturated heterocycles. The first kappa shape index (κ1) is 9.55. The van der Waals surface area contributed by atoms with E-state index in [9.17, 15) is 0 Å². The number of nitrogens with one attached hydrogen (secondary N) is 1. The monoisotopic (exact) mass is 182 g/mol. The van der Waals surface area contributed by atoms with Crippen LogP contribution in [0.5, 0.6) is 0 Å². The van der Waals surface area contributed by atoms with Crippen molar-refractivity contribution in [2.45, 2.75) is 6.04 Å². The van der Waals surface area contributed by atoms with Crippen molar-refractivity contribution < 1.29 is 0 Å². The van der Waals surface area contributed by atoms with E-state index in [0.717, 1.165) is 5.75 Å². The summed E-state index contributed by atoms with van der Waals surface area (Å²) in [5.74, 6) is 1.09. The third-order valence-corrected chi connectivity index (χ3v) is 2.44. The Hall–Kier alpha value is -0.540. The van der Waals surface area contributed by atoms with E-state index in [1.54, 1.807) is 6.20 Å². The zero-order valence-corrected chi connectivity index (χ0v) is 8.27. The molecule has 2 nitrogen and oxygen atoms in total. The average Bonchev–Trinajstić information content (AvgIpc) is 2.15. The lowest BCUT2D eigenvalue weighted by Gasteiger charge is -2.13. The van der Waals surface area contributed by atoms with Crippen LogP contribution in [0.25, 0.3) is 0 Å². The second-order valence-electron chi connectivity index (χ2n) is 2.58. The molecule has 0 spiro atoms. The first-order valence-corrected chi connectivity index (χ1v) is 5.34. The fourth-order valence-electron chi connectivity index (χ4n) is 1.09. The van der Waals surface area contributed by atoms with Gasteiger partial charge in [0.2, 0.25) is 0 Å². The lowest BCUT2D eigenvalue weighted by molar-refractivity contribution is 0.659. The number of hydrogen-bond acceptors (Lipinski definition) is 3. The van der Waals surface area contributed by atoms with Gasteiger partial charge in [-0.3, -0.25) is 4.98 Å². The van der Waals surface area contributed by atoms with E-state index in [4.69, 9.17) is 0 Å². The minimum Gasteiger partial charge on any atom is -0.312 e. The molecule has 1 heterocycles. The third kappa shape index (κ3) is 2.50. The van der Waals surface area contributed by atoms with Gasteiger partial charge >= 0.3 is 0 Å². The second kappa shape index (κ2) is 5.17. The van der Waals surface area contributed by atoms with Gasteiger partial charge < -0.3 is 5.32 Å². The van der Waals surface area contributed by atoms with Crippen molar-refractivity contribution in [1.82, 2.24) is 10.3 Å². The van der Waals surface area contributed by atoms with Crippen LogP contribution < -0.4 is 5.32 Å².